The van der Waals surface area contributed by atoms with Gasteiger partial charge in [-0.25, -0.2) is 22.5 Å². The number of amides is 1. The van der Waals surface area contributed by atoms with Crippen LogP contribution in [0, 0.1) is 44.5 Å². The number of sulfonamides is 1. The molecular weight excluding hydrogens is 916 g/mol. The zero-order chi connectivity index (χ0) is 49.1. The van der Waals surface area contributed by atoms with Crippen molar-refractivity contribution >= 4 is 44.0 Å². The van der Waals surface area contributed by atoms with Crippen LogP contribution in [0.1, 0.15) is 112 Å². The number of nitro benzene ring substituents is 1. The number of benzene rings is 3. The van der Waals surface area contributed by atoms with Crippen molar-refractivity contribution in [1.82, 2.24) is 19.6 Å². The van der Waals surface area contributed by atoms with E-state index in [4.69, 9.17) is 9.47 Å². The van der Waals surface area contributed by atoms with Gasteiger partial charge in [0.2, 0.25) is 0 Å². The lowest BCUT2D eigenvalue weighted by Crippen LogP contribution is -2.64. The Balaban J connectivity index is 0.870. The van der Waals surface area contributed by atoms with Crippen molar-refractivity contribution in [3.8, 4) is 23.3 Å². The number of pyridine rings is 1. The second-order valence-electron chi connectivity index (χ2n) is 20.9. The first-order valence-corrected chi connectivity index (χ1v) is 25.9. The predicted octanol–water partition coefficient (Wildman–Crippen LogP) is 9.14. The molecule has 0 bridgehead atoms. The highest BCUT2D eigenvalue weighted by Crippen LogP contribution is 2.52. The lowest BCUT2D eigenvalue weighted by atomic mass is 9.69. The fourth-order valence-corrected chi connectivity index (χ4v) is 13.1. The lowest BCUT2D eigenvalue weighted by molar-refractivity contribution is -0.384. The van der Waals surface area contributed by atoms with Crippen LogP contribution < -0.4 is 24.4 Å². The standard InChI is InChI=1S/C52H59FN8O8S/c1-31(2)37-6-4-5-7-38(37)39-10-8-33(14-19-54)48(39)60-29-52(30-60)17-20-59(21-18-52)34-9-11-40(45(22-34)69-35-23-41-42(53)27-56-49(41)55-26-35)50(62)58-70(66,67)36-24-44(61(64)65)47-46(25-36)68-28-43(57-47)32-12-15-51(3,63)16-13-32/h4-7,9,11,22-27,31-33,39,43,48,57,63H,8,10,12-18,20-21,28-30H2,1-3H3,(H,55,56)(H,58,62)/t32?,33-,39+,43-,48?,51?/m1/s1. The summed E-state index contributed by atoms with van der Waals surface area (Å²) in [5.74, 6) is -0.350. The van der Waals surface area contributed by atoms with Gasteiger partial charge in [0.25, 0.3) is 21.6 Å². The molecule has 1 amide bonds. The number of carbonyl (C=O) groups excluding carboxylic acids is 1. The van der Waals surface area contributed by atoms with Crippen molar-refractivity contribution < 1.29 is 37.1 Å². The summed E-state index contributed by atoms with van der Waals surface area (Å²) in [5, 5.41) is 36.1. The number of H-pyrrole nitrogens is 1. The number of aromatic amines is 1. The number of ether oxygens (including phenoxy) is 2. The third-order valence-electron chi connectivity index (χ3n) is 15.9. The Morgan fingerprint density at radius 1 is 1.09 bits per heavy atom. The van der Waals surface area contributed by atoms with Gasteiger partial charge in [-0.2, -0.15) is 5.26 Å². The highest BCUT2D eigenvalue weighted by molar-refractivity contribution is 7.90. The number of nitrogens with zero attached hydrogens (tertiary/aromatic N) is 5. The molecule has 2 aromatic heterocycles. The summed E-state index contributed by atoms with van der Waals surface area (Å²) in [6.45, 7) is 9.77. The number of fused-ring (bicyclic) bond motifs is 2. The summed E-state index contributed by atoms with van der Waals surface area (Å²) in [4.78, 5) is 37.2. The SMILES string of the molecule is CC(C)c1ccccc1[C@@H]1CC[C@H](CC#N)C1N1CC2(CCN(c3ccc(C(=O)NS(=O)(=O)c4cc5c(c([N+](=O)[O-])c4)N[C@@H](C4CCC(C)(O)CC4)CO5)c(Oc4cnc5[nH]cc(F)c5c4)c3)CC2)C1. The van der Waals surface area contributed by atoms with Crippen LogP contribution in [-0.2, 0) is 10.0 Å². The third kappa shape index (κ3) is 9.14. The molecule has 2 saturated carbocycles. The van der Waals surface area contributed by atoms with E-state index < -0.39 is 42.9 Å². The Morgan fingerprint density at radius 3 is 2.57 bits per heavy atom. The smallest absolute Gasteiger partial charge is 0.297 e. The second-order valence-corrected chi connectivity index (χ2v) is 22.5. The molecular formula is C52H59FN8O8S. The molecule has 2 aliphatic carbocycles. The largest absolute Gasteiger partial charge is 0.489 e. The van der Waals surface area contributed by atoms with Gasteiger partial charge in [0, 0.05) is 74.6 Å². The number of likely N-dealkylation sites (tertiary alicyclic amines) is 1. The number of hydrogen-bond acceptors (Lipinski definition) is 13. The van der Waals surface area contributed by atoms with Gasteiger partial charge in [0.05, 0.1) is 44.7 Å². The Bertz CT molecular complexity index is 2980. The molecule has 70 heavy (non-hydrogen) atoms. The van der Waals surface area contributed by atoms with Crippen molar-refractivity contribution in [1.29, 1.82) is 5.26 Å². The predicted molar refractivity (Wildman–Crippen MR) is 261 cm³/mol. The summed E-state index contributed by atoms with van der Waals surface area (Å²) >= 11 is 0. The number of anilines is 2. The summed E-state index contributed by atoms with van der Waals surface area (Å²) in [5.41, 5.74) is 2.56. The molecule has 1 unspecified atom stereocenters. The van der Waals surface area contributed by atoms with Gasteiger partial charge in [-0.05, 0) is 111 Å². The third-order valence-corrected chi connectivity index (χ3v) is 17.2. The van der Waals surface area contributed by atoms with Gasteiger partial charge in [0.1, 0.15) is 29.6 Å². The number of halogens is 1. The first-order chi connectivity index (χ1) is 33.5. The Kier molecular flexibility index (Phi) is 12.5. The zero-order valence-corrected chi connectivity index (χ0v) is 40.4. The summed E-state index contributed by atoms with van der Waals surface area (Å²) in [6.07, 6.45) is 9.59. The maximum atomic E-state index is 14.7. The van der Waals surface area contributed by atoms with Gasteiger partial charge < -0.3 is 29.8 Å². The molecule has 2 saturated heterocycles. The number of aliphatic hydroxyl groups is 1. The summed E-state index contributed by atoms with van der Waals surface area (Å²) < 4.78 is 57.0. The number of aromatic nitrogens is 2. The number of nitriles is 1. The van der Waals surface area contributed by atoms with Crippen LogP contribution in [-0.4, -0.2) is 89.7 Å². The molecule has 3 aromatic carbocycles. The van der Waals surface area contributed by atoms with E-state index in [-0.39, 0.29) is 57.9 Å². The van der Waals surface area contributed by atoms with E-state index in [1.807, 2.05) is 0 Å². The van der Waals surface area contributed by atoms with Crippen LogP contribution in [0.5, 0.6) is 17.2 Å². The highest BCUT2D eigenvalue weighted by Gasteiger charge is 2.52. The average molecular weight is 975 g/mol. The van der Waals surface area contributed by atoms with Crippen molar-refractivity contribution in [2.24, 2.45) is 17.3 Å². The number of carbonyl (C=O) groups is 1. The van der Waals surface area contributed by atoms with Gasteiger partial charge in [0.15, 0.2) is 11.4 Å². The maximum absolute atomic E-state index is 14.7. The normalized spacial score (nSPS) is 25.4. The van der Waals surface area contributed by atoms with Gasteiger partial charge in [-0.1, -0.05) is 38.1 Å². The van der Waals surface area contributed by atoms with Crippen LogP contribution in [0.3, 0.4) is 0 Å². The summed E-state index contributed by atoms with van der Waals surface area (Å²) in [7, 11) is -4.74. The van der Waals surface area contributed by atoms with E-state index in [0.29, 0.717) is 61.5 Å². The number of hydrogen-bond donors (Lipinski definition) is 4. The minimum atomic E-state index is -4.74. The number of piperidine rings is 1. The van der Waals surface area contributed by atoms with E-state index in [1.54, 1.807) is 19.1 Å². The molecule has 5 aromatic rings. The van der Waals surface area contributed by atoms with Crippen LogP contribution in [0.25, 0.3) is 11.0 Å². The monoisotopic (exact) mass is 974 g/mol. The topological polar surface area (TPSA) is 216 Å². The molecule has 10 rings (SSSR count). The molecule has 4 atom stereocenters. The molecule has 1 spiro atoms. The van der Waals surface area contributed by atoms with E-state index in [9.17, 15) is 38.1 Å². The first kappa shape index (κ1) is 47.4. The maximum Gasteiger partial charge on any atom is 0.297 e. The molecule has 5 aliphatic rings. The van der Waals surface area contributed by atoms with Gasteiger partial charge in [-0.15, -0.1) is 0 Å². The second kappa shape index (κ2) is 18.5. The lowest BCUT2D eigenvalue weighted by Gasteiger charge is -2.58. The molecule has 3 aliphatic heterocycles. The van der Waals surface area contributed by atoms with Crippen molar-refractivity contribution in [2.75, 3.05) is 43.0 Å². The Hall–Kier alpha value is -6.29. The van der Waals surface area contributed by atoms with Gasteiger partial charge >= 0.3 is 0 Å². The zero-order valence-electron chi connectivity index (χ0n) is 39.6. The molecule has 0 radical (unpaired) electrons. The molecule has 4 N–H and O–H groups in total. The first-order valence-electron chi connectivity index (χ1n) is 24.4. The molecule has 18 heteroatoms. The molecule has 368 valence electrons. The Morgan fingerprint density at radius 2 is 1.84 bits per heavy atom. The van der Waals surface area contributed by atoms with Crippen LogP contribution in [0.2, 0.25) is 0 Å². The van der Waals surface area contributed by atoms with Crippen molar-refractivity contribution in [3.05, 3.63) is 106 Å². The molecule has 4 fully saturated rings. The van der Waals surface area contributed by atoms with Crippen molar-refractivity contribution in [2.45, 2.75) is 113 Å². The number of rotatable bonds is 12. The number of nitro groups is 1. The minimum absolute atomic E-state index is 0.00545. The minimum Gasteiger partial charge on any atom is -0.489 e. The fourth-order valence-electron chi connectivity index (χ4n) is 12.1. The van der Waals surface area contributed by atoms with E-state index in [1.165, 1.54) is 35.7 Å². The molecule has 5 heterocycles. The highest BCUT2D eigenvalue weighted by atomic mass is 32.2. The van der Waals surface area contributed by atoms with Crippen molar-refractivity contribution in [3.63, 3.8) is 0 Å². The van der Waals surface area contributed by atoms with Gasteiger partial charge in [-0.3, -0.25) is 19.8 Å². The number of nitrogens with one attached hydrogen (secondary N) is 3. The van der Waals surface area contributed by atoms with Crippen LogP contribution in [0.15, 0.2) is 78.0 Å². The Labute approximate surface area is 406 Å². The average Bonchev–Trinajstić information content (AvgIpc) is 3.92. The quantitative estimate of drug-likeness (QED) is 0.0679. The van der Waals surface area contributed by atoms with E-state index in [2.05, 4.69) is 74.0 Å². The van der Waals surface area contributed by atoms with E-state index >= 15 is 0 Å². The fraction of sp³-hybridized carbons (Fsp3) is 0.481. The van der Waals surface area contributed by atoms with Crippen LogP contribution >= 0.6 is 0 Å². The van der Waals surface area contributed by atoms with Crippen LogP contribution in [0.4, 0.5) is 21.5 Å². The van der Waals surface area contributed by atoms with E-state index in [0.717, 1.165) is 69.7 Å². The molecule has 16 nitrogen and oxygen atoms in total. The summed E-state index contributed by atoms with van der Waals surface area (Å²) in [6, 6.07) is 19.7.